The lowest BCUT2D eigenvalue weighted by Gasteiger charge is -2.34. The van der Waals surface area contributed by atoms with Gasteiger partial charge < -0.3 is 15.0 Å². The average Bonchev–Trinajstić information content (AvgIpc) is 2.87. The molecule has 1 saturated heterocycles. The Kier molecular flexibility index (Phi) is 7.42. The topological polar surface area (TPSA) is 54.7 Å². The van der Waals surface area contributed by atoms with Crippen LogP contribution in [0.4, 0.5) is 0 Å². The second-order valence-corrected chi connectivity index (χ2v) is 7.52. The summed E-state index contributed by atoms with van der Waals surface area (Å²) in [5, 5.41) is 8.87. The zero-order chi connectivity index (χ0) is 17.5. The molecule has 1 fully saturated rings. The lowest BCUT2D eigenvalue weighted by atomic mass is 10.2. The van der Waals surface area contributed by atoms with Crippen molar-refractivity contribution in [1.82, 2.24) is 20.0 Å². The number of guanidine groups is 1. The van der Waals surface area contributed by atoms with Gasteiger partial charge in [0, 0.05) is 56.1 Å². The van der Waals surface area contributed by atoms with Gasteiger partial charge in [0.1, 0.15) is 0 Å². The maximum atomic E-state index is 5.16. The van der Waals surface area contributed by atoms with Crippen molar-refractivity contribution in [2.75, 3.05) is 39.6 Å². The molecule has 1 unspecified atom stereocenters. The molecular formula is C17H31N5OS. The van der Waals surface area contributed by atoms with Gasteiger partial charge in [0.05, 0.1) is 18.8 Å². The minimum absolute atomic E-state index is 0.681. The molecule has 0 saturated carbocycles. The second kappa shape index (κ2) is 9.32. The van der Waals surface area contributed by atoms with Crippen LogP contribution in [-0.2, 0) is 17.8 Å². The van der Waals surface area contributed by atoms with E-state index in [1.54, 1.807) is 7.11 Å². The second-order valence-electron chi connectivity index (χ2n) is 6.11. The fourth-order valence-corrected chi connectivity index (χ4v) is 4.22. The van der Waals surface area contributed by atoms with Crippen molar-refractivity contribution in [2.24, 2.45) is 4.99 Å². The highest BCUT2D eigenvalue weighted by molar-refractivity contribution is 8.00. The van der Waals surface area contributed by atoms with Crippen molar-refractivity contribution < 1.29 is 4.74 Å². The maximum Gasteiger partial charge on any atom is 0.193 e. The fraction of sp³-hybridized carbons (Fsp3) is 0.765. The molecule has 2 rings (SSSR count). The Hall–Kier alpha value is -1.21. The van der Waals surface area contributed by atoms with Crippen LogP contribution in [0.25, 0.3) is 0 Å². The Bertz CT molecular complexity index is 557. The lowest BCUT2D eigenvalue weighted by molar-refractivity contribution is 0.182. The van der Waals surface area contributed by atoms with Gasteiger partial charge in [0.15, 0.2) is 5.96 Å². The number of aromatic nitrogens is 2. The highest BCUT2D eigenvalue weighted by atomic mass is 32.2. The van der Waals surface area contributed by atoms with Crippen LogP contribution < -0.4 is 5.32 Å². The first-order valence-corrected chi connectivity index (χ1v) is 9.74. The van der Waals surface area contributed by atoms with Gasteiger partial charge in [-0.25, -0.2) is 0 Å². The van der Waals surface area contributed by atoms with Crippen molar-refractivity contribution in [3.8, 4) is 0 Å². The Morgan fingerprint density at radius 2 is 2.25 bits per heavy atom. The molecule has 1 aromatic rings. The number of ether oxygens (including phenoxy) is 1. The number of nitrogens with zero attached hydrogens (tertiary/aromatic N) is 4. The van der Waals surface area contributed by atoms with E-state index in [4.69, 9.17) is 4.74 Å². The fourth-order valence-electron chi connectivity index (χ4n) is 3.04. The summed E-state index contributed by atoms with van der Waals surface area (Å²) in [5.74, 6) is 2.17. The third-order valence-corrected chi connectivity index (χ3v) is 5.94. The minimum Gasteiger partial charge on any atom is -0.383 e. The Morgan fingerprint density at radius 3 is 2.92 bits per heavy atom. The molecule has 1 N–H and O–H groups in total. The third kappa shape index (κ3) is 4.66. The van der Waals surface area contributed by atoms with Crippen LogP contribution in [0.5, 0.6) is 0 Å². The van der Waals surface area contributed by atoms with Crippen molar-refractivity contribution in [3.05, 3.63) is 17.0 Å². The Labute approximate surface area is 150 Å². The summed E-state index contributed by atoms with van der Waals surface area (Å²) in [6.07, 6.45) is 1.21. The van der Waals surface area contributed by atoms with Crippen LogP contribution in [0, 0.1) is 13.8 Å². The van der Waals surface area contributed by atoms with Gasteiger partial charge in [-0.05, 0) is 20.3 Å². The number of nitrogens with one attached hydrogen (secondary N) is 1. The molecule has 2 heterocycles. The van der Waals surface area contributed by atoms with Crippen LogP contribution in [-0.4, -0.2) is 65.5 Å². The standard InChI is InChI=1S/C17H31N5OS/c1-6-15-12-21(8-10-24-15)17(18-4)19-11-16-13(2)20-22(14(16)3)7-9-23-5/h15H,6-12H2,1-5H3,(H,18,19). The molecule has 1 aromatic heterocycles. The highest BCUT2D eigenvalue weighted by Gasteiger charge is 2.22. The van der Waals surface area contributed by atoms with E-state index < -0.39 is 0 Å². The highest BCUT2D eigenvalue weighted by Crippen LogP contribution is 2.21. The van der Waals surface area contributed by atoms with E-state index in [2.05, 4.69) is 52.8 Å². The molecule has 6 nitrogen and oxygen atoms in total. The predicted octanol–water partition coefficient (Wildman–Crippen LogP) is 2.05. The molecule has 0 radical (unpaired) electrons. The number of aliphatic imine (C=N–C) groups is 1. The van der Waals surface area contributed by atoms with Crippen molar-refractivity contribution in [1.29, 1.82) is 0 Å². The molecule has 7 heteroatoms. The maximum absolute atomic E-state index is 5.16. The molecule has 0 aliphatic carbocycles. The third-order valence-electron chi connectivity index (χ3n) is 4.57. The first kappa shape index (κ1) is 19.1. The van der Waals surface area contributed by atoms with E-state index in [0.29, 0.717) is 11.9 Å². The SMILES string of the molecule is CCC1CN(C(=NC)NCc2c(C)nn(CCOC)c2C)CCS1. The van der Waals surface area contributed by atoms with E-state index in [0.717, 1.165) is 37.8 Å². The first-order valence-electron chi connectivity index (χ1n) is 8.69. The predicted molar refractivity (Wildman–Crippen MR) is 102 cm³/mol. The summed E-state index contributed by atoms with van der Waals surface area (Å²) in [6.45, 7) is 10.8. The van der Waals surface area contributed by atoms with E-state index in [9.17, 15) is 0 Å². The molecule has 1 atom stereocenters. The van der Waals surface area contributed by atoms with Crippen molar-refractivity contribution in [3.63, 3.8) is 0 Å². The first-order chi connectivity index (χ1) is 11.6. The quantitative estimate of drug-likeness (QED) is 0.627. The number of thioether (sulfide) groups is 1. The minimum atomic E-state index is 0.681. The number of hydrogen-bond acceptors (Lipinski definition) is 4. The molecule has 0 spiro atoms. The van der Waals surface area contributed by atoms with Gasteiger partial charge in [-0.1, -0.05) is 6.92 Å². The monoisotopic (exact) mass is 353 g/mol. The average molecular weight is 354 g/mol. The van der Waals surface area contributed by atoms with Crippen LogP contribution in [0.3, 0.4) is 0 Å². The summed E-state index contributed by atoms with van der Waals surface area (Å²) in [7, 11) is 3.59. The van der Waals surface area contributed by atoms with Crippen LogP contribution in [0.2, 0.25) is 0 Å². The molecule has 136 valence electrons. The van der Waals surface area contributed by atoms with E-state index in [1.165, 1.54) is 23.4 Å². The molecular weight excluding hydrogens is 322 g/mol. The summed E-state index contributed by atoms with van der Waals surface area (Å²) < 4.78 is 7.19. The Balaban J connectivity index is 1.99. The molecule has 0 bridgehead atoms. The number of methoxy groups -OCH3 is 1. The molecule has 0 aromatic carbocycles. The molecule has 24 heavy (non-hydrogen) atoms. The molecule has 1 aliphatic heterocycles. The summed E-state index contributed by atoms with van der Waals surface area (Å²) in [4.78, 5) is 6.87. The summed E-state index contributed by atoms with van der Waals surface area (Å²) >= 11 is 2.08. The van der Waals surface area contributed by atoms with Crippen LogP contribution in [0.1, 0.15) is 30.3 Å². The van der Waals surface area contributed by atoms with Crippen molar-refractivity contribution >= 4 is 17.7 Å². The zero-order valence-corrected chi connectivity index (χ0v) is 16.4. The van der Waals surface area contributed by atoms with E-state index in [1.807, 2.05) is 11.7 Å². The lowest BCUT2D eigenvalue weighted by Crippen LogP contribution is -2.47. The van der Waals surface area contributed by atoms with E-state index >= 15 is 0 Å². The smallest absolute Gasteiger partial charge is 0.193 e. The molecule has 1 aliphatic rings. The summed E-state index contributed by atoms with van der Waals surface area (Å²) in [5.41, 5.74) is 3.53. The van der Waals surface area contributed by atoms with Gasteiger partial charge in [-0.3, -0.25) is 9.67 Å². The zero-order valence-electron chi connectivity index (χ0n) is 15.6. The van der Waals surface area contributed by atoms with Gasteiger partial charge in [0.2, 0.25) is 0 Å². The number of rotatable bonds is 6. The number of aryl methyl sites for hydroxylation is 1. The largest absolute Gasteiger partial charge is 0.383 e. The molecule has 0 amide bonds. The Morgan fingerprint density at radius 1 is 1.46 bits per heavy atom. The van der Waals surface area contributed by atoms with Gasteiger partial charge in [0.25, 0.3) is 0 Å². The van der Waals surface area contributed by atoms with Crippen LogP contribution in [0.15, 0.2) is 4.99 Å². The van der Waals surface area contributed by atoms with Crippen molar-refractivity contribution in [2.45, 2.75) is 45.5 Å². The normalized spacial score (nSPS) is 19.0. The van der Waals surface area contributed by atoms with Gasteiger partial charge in [-0.15, -0.1) is 0 Å². The number of hydrogen-bond donors (Lipinski definition) is 1. The summed E-state index contributed by atoms with van der Waals surface area (Å²) in [6, 6.07) is 0. The van der Waals surface area contributed by atoms with Gasteiger partial charge >= 0.3 is 0 Å². The van der Waals surface area contributed by atoms with Crippen LogP contribution >= 0.6 is 11.8 Å². The van der Waals surface area contributed by atoms with Gasteiger partial charge in [-0.2, -0.15) is 16.9 Å². The van der Waals surface area contributed by atoms with E-state index in [-0.39, 0.29) is 0 Å².